The van der Waals surface area contributed by atoms with Gasteiger partial charge >= 0.3 is 0 Å². The van der Waals surface area contributed by atoms with Crippen LogP contribution >= 0.6 is 11.3 Å². The van der Waals surface area contributed by atoms with E-state index in [1.54, 1.807) is 19.1 Å². The number of carbonyl (C=O) groups is 2. The molecule has 6 nitrogen and oxygen atoms in total. The molecule has 3 aliphatic carbocycles. The summed E-state index contributed by atoms with van der Waals surface area (Å²) in [6, 6.07) is 17.3. The van der Waals surface area contributed by atoms with E-state index in [2.05, 4.69) is 21.7 Å². The molecule has 1 amide bonds. The van der Waals surface area contributed by atoms with Crippen molar-refractivity contribution in [2.45, 2.75) is 26.2 Å². The molecule has 3 fully saturated rings. The van der Waals surface area contributed by atoms with E-state index in [1.807, 2.05) is 41.8 Å². The Balaban J connectivity index is 1.26. The molecule has 1 aromatic heterocycles. The second-order valence-electron chi connectivity index (χ2n) is 8.53. The Morgan fingerprint density at radius 3 is 2.48 bits per heavy atom. The number of nitrogens with zero attached hydrogens (tertiary/aromatic N) is 2. The minimum Gasteiger partial charge on any atom is -0.356 e. The van der Waals surface area contributed by atoms with Crippen LogP contribution in [0, 0.1) is 22.2 Å². The van der Waals surface area contributed by atoms with E-state index in [1.165, 1.54) is 11.3 Å². The predicted molar refractivity (Wildman–Crippen MR) is 120 cm³/mol. The molecule has 2 aromatic carbocycles. The number of ketones is 1. The zero-order valence-electron chi connectivity index (χ0n) is 16.9. The highest BCUT2D eigenvalue weighted by Gasteiger charge is 2.73. The number of rotatable bonds is 6. The molecule has 0 unspecified atom stereocenters. The van der Waals surface area contributed by atoms with Crippen LogP contribution in [0.1, 0.15) is 31.7 Å². The molecular formula is C24H20N4O2S. The second-order valence-corrected chi connectivity index (χ2v) is 9.39. The van der Waals surface area contributed by atoms with Gasteiger partial charge < -0.3 is 10.6 Å². The zero-order chi connectivity index (χ0) is 21.6. The third-order valence-electron chi connectivity index (χ3n) is 6.44. The first-order valence-corrected chi connectivity index (χ1v) is 11.0. The summed E-state index contributed by atoms with van der Waals surface area (Å²) in [6.45, 7) is 1.62. The lowest BCUT2D eigenvalue weighted by Gasteiger charge is -2.67. The molecule has 3 saturated carbocycles. The first kappa shape index (κ1) is 19.5. The third-order valence-corrected chi connectivity index (χ3v) is 7.20. The van der Waals surface area contributed by atoms with Gasteiger partial charge in [-0.25, -0.2) is 4.98 Å². The van der Waals surface area contributed by atoms with Crippen LogP contribution in [0.3, 0.4) is 0 Å². The van der Waals surface area contributed by atoms with E-state index in [0.717, 1.165) is 22.6 Å². The molecule has 31 heavy (non-hydrogen) atoms. The monoisotopic (exact) mass is 428 g/mol. The van der Waals surface area contributed by atoms with Crippen LogP contribution in [-0.2, 0) is 9.59 Å². The van der Waals surface area contributed by atoms with Crippen LogP contribution in [0.5, 0.6) is 0 Å². The highest BCUT2D eigenvalue weighted by atomic mass is 32.1. The van der Waals surface area contributed by atoms with E-state index < -0.39 is 0 Å². The minimum absolute atomic E-state index is 0.0206. The maximum atomic E-state index is 12.7. The fraction of sp³-hybridized carbons (Fsp3) is 0.250. The van der Waals surface area contributed by atoms with Crippen molar-refractivity contribution >= 4 is 39.5 Å². The summed E-state index contributed by atoms with van der Waals surface area (Å²) in [6.07, 6.45) is 2.01. The van der Waals surface area contributed by atoms with E-state index in [-0.39, 0.29) is 22.5 Å². The van der Waals surface area contributed by atoms with Crippen molar-refractivity contribution < 1.29 is 9.59 Å². The number of benzene rings is 2. The van der Waals surface area contributed by atoms with Crippen molar-refractivity contribution in [2.75, 3.05) is 10.6 Å². The van der Waals surface area contributed by atoms with Crippen molar-refractivity contribution in [3.63, 3.8) is 0 Å². The van der Waals surface area contributed by atoms with Gasteiger partial charge in [0.1, 0.15) is 5.78 Å². The number of carbonyl (C=O) groups excluding carboxylic acids is 2. The molecule has 0 spiro atoms. The molecule has 3 aromatic rings. The highest BCUT2D eigenvalue weighted by molar-refractivity contribution is 7.14. The second kappa shape index (κ2) is 7.03. The number of Topliss-reactive ketones (excluding diaryl/α,β-unsaturated/α-hetero) is 1. The number of aromatic nitrogens is 1. The van der Waals surface area contributed by atoms with Crippen LogP contribution in [0.15, 0.2) is 53.9 Å². The van der Waals surface area contributed by atoms with Crippen LogP contribution in [0.2, 0.25) is 0 Å². The summed E-state index contributed by atoms with van der Waals surface area (Å²) in [7, 11) is 0. The molecule has 3 aliphatic rings. The standard InChI is InChI=1S/C24H20N4O2S/c1-15(29)23-12-24(13-23,14-23)21(30)28-22-27-20(11-31-22)17-3-2-4-19(9-17)26-18-7-5-16(10-25)6-8-18/h2-9,11,26H,12-14H2,1H3,(H,27,28,30). The normalized spacial score (nSPS) is 23.1. The molecule has 0 aliphatic heterocycles. The molecule has 0 saturated heterocycles. The lowest BCUT2D eigenvalue weighted by Crippen LogP contribution is -2.69. The van der Waals surface area contributed by atoms with Crippen LogP contribution in [-0.4, -0.2) is 16.7 Å². The van der Waals surface area contributed by atoms with Gasteiger partial charge in [0.2, 0.25) is 5.91 Å². The Morgan fingerprint density at radius 1 is 1.06 bits per heavy atom. The lowest BCUT2D eigenvalue weighted by atomic mass is 9.34. The molecule has 1 heterocycles. The molecule has 154 valence electrons. The van der Waals surface area contributed by atoms with Crippen molar-refractivity contribution in [1.82, 2.24) is 4.98 Å². The highest BCUT2D eigenvalue weighted by Crippen LogP contribution is 2.73. The van der Waals surface area contributed by atoms with Gasteiger partial charge in [0, 0.05) is 27.7 Å². The molecule has 2 N–H and O–H groups in total. The largest absolute Gasteiger partial charge is 0.356 e. The van der Waals surface area contributed by atoms with Crippen LogP contribution in [0.4, 0.5) is 16.5 Å². The van der Waals surface area contributed by atoms with Crippen molar-refractivity contribution in [2.24, 2.45) is 10.8 Å². The Labute approximate surface area is 183 Å². The van der Waals surface area contributed by atoms with Gasteiger partial charge in [0.05, 0.1) is 22.7 Å². The topological polar surface area (TPSA) is 94.9 Å². The first-order chi connectivity index (χ1) is 14.9. The van der Waals surface area contributed by atoms with Crippen molar-refractivity contribution in [3.05, 3.63) is 59.5 Å². The maximum Gasteiger partial charge on any atom is 0.232 e. The lowest BCUT2D eigenvalue weighted by molar-refractivity contribution is -0.202. The average molecular weight is 429 g/mol. The maximum absolute atomic E-state index is 12.7. The number of hydrogen-bond acceptors (Lipinski definition) is 6. The van der Waals surface area contributed by atoms with E-state index >= 15 is 0 Å². The summed E-state index contributed by atoms with van der Waals surface area (Å²) in [5.74, 6) is 0.181. The Kier molecular flexibility index (Phi) is 4.42. The molecule has 2 bridgehead atoms. The number of amides is 1. The fourth-order valence-electron chi connectivity index (χ4n) is 4.65. The molecule has 6 rings (SSSR count). The molecule has 7 heteroatoms. The summed E-state index contributed by atoms with van der Waals surface area (Å²) >= 11 is 1.40. The average Bonchev–Trinajstić information content (AvgIpc) is 3.15. The smallest absolute Gasteiger partial charge is 0.232 e. The van der Waals surface area contributed by atoms with Gasteiger partial charge in [-0.1, -0.05) is 12.1 Å². The van der Waals surface area contributed by atoms with Crippen LogP contribution < -0.4 is 10.6 Å². The van der Waals surface area contributed by atoms with Gasteiger partial charge in [-0.05, 0) is 62.6 Å². The first-order valence-electron chi connectivity index (χ1n) is 10.1. The number of thiazole rings is 1. The van der Waals surface area contributed by atoms with Crippen molar-refractivity contribution in [1.29, 1.82) is 5.26 Å². The van der Waals surface area contributed by atoms with Gasteiger partial charge in [0.25, 0.3) is 0 Å². The van der Waals surface area contributed by atoms with Crippen molar-refractivity contribution in [3.8, 4) is 17.3 Å². The molecule has 0 radical (unpaired) electrons. The molecular weight excluding hydrogens is 408 g/mol. The fourth-order valence-corrected chi connectivity index (χ4v) is 5.36. The van der Waals surface area contributed by atoms with Crippen LogP contribution in [0.25, 0.3) is 11.3 Å². The summed E-state index contributed by atoms with van der Waals surface area (Å²) in [5.41, 5.74) is 3.55. The van der Waals surface area contributed by atoms with Gasteiger partial charge in [0.15, 0.2) is 5.13 Å². The number of nitriles is 1. The van der Waals surface area contributed by atoms with Gasteiger partial charge in [-0.2, -0.15) is 5.26 Å². The summed E-state index contributed by atoms with van der Waals surface area (Å²) in [4.78, 5) is 29.0. The molecule has 0 atom stereocenters. The Hall–Kier alpha value is -3.50. The minimum atomic E-state index is -0.373. The van der Waals surface area contributed by atoms with Gasteiger partial charge in [-0.15, -0.1) is 11.3 Å². The zero-order valence-corrected chi connectivity index (χ0v) is 17.8. The summed E-state index contributed by atoms with van der Waals surface area (Å²) < 4.78 is 0. The SMILES string of the molecule is CC(=O)C12CC(C(=O)Nc3nc(-c4cccc(Nc5ccc(C#N)cc5)c4)cs3)(C1)C2. The van der Waals surface area contributed by atoms with E-state index in [9.17, 15) is 9.59 Å². The third kappa shape index (κ3) is 3.29. The number of hydrogen-bond donors (Lipinski definition) is 2. The Morgan fingerprint density at radius 2 is 1.81 bits per heavy atom. The number of nitrogens with one attached hydrogen (secondary N) is 2. The Bertz CT molecular complexity index is 1220. The number of anilines is 3. The van der Waals surface area contributed by atoms with E-state index in [4.69, 9.17) is 5.26 Å². The predicted octanol–water partition coefficient (Wildman–Crippen LogP) is 5.12. The van der Waals surface area contributed by atoms with E-state index in [0.29, 0.717) is 30.0 Å². The van der Waals surface area contributed by atoms with Gasteiger partial charge in [-0.3, -0.25) is 9.59 Å². The quantitative estimate of drug-likeness (QED) is 0.568. The summed E-state index contributed by atoms with van der Waals surface area (Å²) in [5, 5.41) is 17.7.